The number of hydrogen-bond acceptors (Lipinski definition) is 7. The smallest absolute Gasteiger partial charge is 0.237 e. The van der Waals surface area contributed by atoms with Gasteiger partial charge in [-0.3, -0.25) is 9.59 Å². The van der Waals surface area contributed by atoms with Gasteiger partial charge in [0, 0.05) is 17.4 Å². The van der Waals surface area contributed by atoms with Gasteiger partial charge in [0.25, 0.3) is 0 Å². The van der Waals surface area contributed by atoms with Crippen molar-refractivity contribution in [1.82, 2.24) is 20.4 Å². The van der Waals surface area contributed by atoms with Crippen LogP contribution in [-0.2, 0) is 9.59 Å². The Bertz CT molecular complexity index is 770. The molecule has 4 aliphatic rings. The molecule has 0 aromatic carbocycles. The zero-order valence-electron chi connectivity index (χ0n) is 15.5. The van der Waals surface area contributed by atoms with Crippen molar-refractivity contribution in [2.45, 2.75) is 62.7 Å². The summed E-state index contributed by atoms with van der Waals surface area (Å²) in [5.41, 5.74) is 1.06. The zero-order valence-corrected chi connectivity index (χ0v) is 16.3. The molecule has 2 atom stereocenters. The Labute approximate surface area is 166 Å². The van der Waals surface area contributed by atoms with Crippen LogP contribution in [0, 0.1) is 16.7 Å². The Morgan fingerprint density at radius 1 is 1.32 bits per heavy atom. The van der Waals surface area contributed by atoms with Crippen LogP contribution in [0.1, 0.15) is 44.9 Å². The van der Waals surface area contributed by atoms with Crippen LogP contribution in [0.3, 0.4) is 0 Å². The summed E-state index contributed by atoms with van der Waals surface area (Å²) in [5.74, 6) is -0.214. The maximum Gasteiger partial charge on any atom is 0.237 e. The number of nitrogens with zero attached hydrogens (tertiary/aromatic N) is 4. The fourth-order valence-electron chi connectivity index (χ4n) is 4.80. The lowest BCUT2D eigenvalue weighted by molar-refractivity contribution is -0.135. The minimum absolute atomic E-state index is 0.000630. The number of alkyl halides is 1. The van der Waals surface area contributed by atoms with Gasteiger partial charge in [0.1, 0.15) is 17.7 Å². The molecule has 28 heavy (non-hydrogen) atoms. The monoisotopic (exact) mass is 406 g/mol. The zero-order chi connectivity index (χ0) is 19.8. The van der Waals surface area contributed by atoms with E-state index >= 15 is 0 Å². The van der Waals surface area contributed by atoms with Crippen molar-refractivity contribution in [2.75, 3.05) is 18.4 Å². The van der Waals surface area contributed by atoms with Gasteiger partial charge < -0.3 is 15.5 Å². The minimum atomic E-state index is -1.12. The number of fused-ring (bicyclic) bond motifs is 3. The summed E-state index contributed by atoms with van der Waals surface area (Å²) >= 11 is 1.30. The van der Waals surface area contributed by atoms with Gasteiger partial charge >= 0.3 is 0 Å². The quantitative estimate of drug-likeness (QED) is 0.769. The average Bonchev–Trinajstić information content (AvgIpc) is 3.36. The lowest BCUT2D eigenvalue weighted by atomic mass is 9.57. The Hall–Kier alpha value is -2.12. The summed E-state index contributed by atoms with van der Waals surface area (Å²) in [6.45, 7) is 0.107. The Morgan fingerprint density at radius 2 is 2.04 bits per heavy atom. The van der Waals surface area contributed by atoms with Gasteiger partial charge in [-0.2, -0.15) is 5.26 Å². The van der Waals surface area contributed by atoms with Crippen LogP contribution in [0.15, 0.2) is 5.51 Å². The molecule has 1 aromatic rings. The number of amides is 2. The van der Waals surface area contributed by atoms with Crippen LogP contribution >= 0.6 is 11.3 Å². The van der Waals surface area contributed by atoms with Crippen LogP contribution in [0.2, 0.25) is 0 Å². The molecule has 3 aliphatic carbocycles. The third-order valence-electron chi connectivity index (χ3n) is 6.64. The molecule has 8 nitrogen and oxygen atoms in total. The highest BCUT2D eigenvalue weighted by molar-refractivity contribution is 7.13. The van der Waals surface area contributed by atoms with Gasteiger partial charge in [-0.25, -0.2) is 4.39 Å². The number of hydrogen-bond donors (Lipinski definition) is 2. The second-order valence-corrected chi connectivity index (χ2v) is 8.97. The summed E-state index contributed by atoms with van der Waals surface area (Å²) in [4.78, 5) is 26.6. The van der Waals surface area contributed by atoms with Crippen LogP contribution in [0.25, 0.3) is 0 Å². The van der Waals surface area contributed by atoms with Gasteiger partial charge in [-0.15, -0.1) is 10.2 Å². The van der Waals surface area contributed by atoms with Gasteiger partial charge in [-0.1, -0.05) is 11.3 Å². The highest BCUT2D eigenvalue weighted by atomic mass is 32.1. The van der Waals surface area contributed by atoms with Crippen molar-refractivity contribution in [3.63, 3.8) is 0 Å². The minimum Gasteiger partial charge on any atom is -0.323 e. The normalized spacial score (nSPS) is 34.2. The topological polar surface area (TPSA) is 111 Å². The molecule has 4 fully saturated rings. The molecule has 5 rings (SSSR count). The van der Waals surface area contributed by atoms with E-state index in [4.69, 9.17) is 5.26 Å². The summed E-state index contributed by atoms with van der Waals surface area (Å²) in [6, 6.07) is 1.34. The maximum absolute atomic E-state index is 13.6. The first-order valence-electron chi connectivity index (χ1n) is 9.61. The van der Waals surface area contributed by atoms with Crippen molar-refractivity contribution in [3.05, 3.63) is 5.51 Å². The molecular formula is C18H23FN6O2S. The highest BCUT2D eigenvalue weighted by Gasteiger charge is 2.52. The molecule has 3 saturated carbocycles. The molecule has 2 amide bonds. The number of halogens is 1. The third kappa shape index (κ3) is 3.49. The molecule has 150 valence electrons. The highest BCUT2D eigenvalue weighted by Crippen LogP contribution is 2.52. The van der Waals surface area contributed by atoms with Crippen LogP contribution < -0.4 is 10.6 Å². The fourth-order valence-corrected chi connectivity index (χ4v) is 5.24. The predicted octanol–water partition coefficient (Wildman–Crippen LogP) is 1.62. The van der Waals surface area contributed by atoms with E-state index in [-0.39, 0.29) is 42.3 Å². The molecule has 2 N–H and O–H groups in total. The van der Waals surface area contributed by atoms with E-state index in [9.17, 15) is 14.0 Å². The molecule has 2 heterocycles. The van der Waals surface area contributed by atoms with E-state index < -0.39 is 12.2 Å². The van der Waals surface area contributed by atoms with Crippen molar-refractivity contribution >= 4 is 28.3 Å². The molecule has 1 saturated heterocycles. The largest absolute Gasteiger partial charge is 0.323 e. The first-order valence-corrected chi connectivity index (χ1v) is 10.5. The number of anilines is 1. The van der Waals surface area contributed by atoms with Gasteiger partial charge in [0.2, 0.25) is 16.9 Å². The van der Waals surface area contributed by atoms with Crippen LogP contribution in [-0.4, -0.2) is 57.8 Å². The Balaban J connectivity index is 1.32. The van der Waals surface area contributed by atoms with E-state index in [0.29, 0.717) is 5.13 Å². The average molecular weight is 406 g/mol. The molecular weight excluding hydrogens is 383 g/mol. The summed E-state index contributed by atoms with van der Waals surface area (Å²) in [7, 11) is 0. The number of nitrogens with one attached hydrogen (secondary N) is 2. The van der Waals surface area contributed by atoms with Gasteiger partial charge in [-0.05, 0) is 38.5 Å². The van der Waals surface area contributed by atoms with Crippen molar-refractivity contribution in [3.8, 4) is 6.07 Å². The molecule has 2 bridgehead atoms. The molecule has 1 aromatic heterocycles. The summed E-state index contributed by atoms with van der Waals surface area (Å²) in [5, 5.41) is 23.5. The summed E-state index contributed by atoms with van der Waals surface area (Å²) in [6.07, 6.45) is 3.70. The van der Waals surface area contributed by atoms with Gasteiger partial charge in [0.05, 0.1) is 19.2 Å². The lowest BCUT2D eigenvalue weighted by Crippen LogP contribution is -2.59. The second kappa shape index (κ2) is 7.37. The van der Waals surface area contributed by atoms with E-state index in [0.717, 1.165) is 38.5 Å². The third-order valence-corrected chi connectivity index (χ3v) is 7.25. The number of nitriles is 1. The van der Waals surface area contributed by atoms with E-state index in [1.165, 1.54) is 16.2 Å². The van der Waals surface area contributed by atoms with Crippen molar-refractivity contribution < 1.29 is 14.0 Å². The number of carbonyl (C=O) groups excluding carboxylic acids is 2. The lowest BCUT2D eigenvalue weighted by Gasteiger charge is -2.52. The van der Waals surface area contributed by atoms with Gasteiger partial charge in [0.15, 0.2) is 0 Å². The first-order chi connectivity index (χ1) is 13.5. The number of rotatable bonds is 5. The molecule has 1 aliphatic heterocycles. The van der Waals surface area contributed by atoms with Crippen molar-refractivity contribution in [2.24, 2.45) is 5.41 Å². The number of carbonyl (C=O) groups is 2. The SMILES string of the molecule is N#CC1CC(F)CN1C(=O)CNC12CCC(C(=O)Nc3nncs3)(CC1)CC2. The summed E-state index contributed by atoms with van der Waals surface area (Å²) < 4.78 is 13.6. The molecule has 0 radical (unpaired) electrons. The first kappa shape index (κ1) is 19.2. The molecule has 2 unspecified atom stereocenters. The van der Waals surface area contributed by atoms with Crippen molar-refractivity contribution in [1.29, 1.82) is 5.26 Å². The maximum atomic E-state index is 13.6. The van der Waals surface area contributed by atoms with Crippen LogP contribution in [0.4, 0.5) is 9.52 Å². The molecule has 0 spiro atoms. The van der Waals surface area contributed by atoms with Crippen LogP contribution in [0.5, 0.6) is 0 Å². The van der Waals surface area contributed by atoms with E-state index in [2.05, 4.69) is 20.8 Å². The standard InChI is InChI=1S/C18H23FN6O2S/c19-12-7-13(8-20)25(10-12)14(26)9-21-18-4-1-17(2-5-18,3-6-18)15(27)23-16-24-22-11-28-16/h11-13,21H,1-7,9-10H2,(H,23,24,27). The second-order valence-electron chi connectivity index (χ2n) is 8.14. The van der Waals surface area contributed by atoms with E-state index in [1.54, 1.807) is 5.51 Å². The Morgan fingerprint density at radius 3 is 2.64 bits per heavy atom. The number of likely N-dealkylation sites (tertiary alicyclic amines) is 1. The fraction of sp³-hybridized carbons (Fsp3) is 0.722. The predicted molar refractivity (Wildman–Crippen MR) is 100 cm³/mol. The Kier molecular flexibility index (Phi) is 5.05. The van der Waals surface area contributed by atoms with E-state index in [1.807, 2.05) is 6.07 Å². The number of aromatic nitrogens is 2. The molecule has 10 heteroatoms.